The molecular formula is C52H34N4S3. The predicted octanol–water partition coefficient (Wildman–Crippen LogP) is 16.2. The second-order valence-electron chi connectivity index (χ2n) is 14.6. The largest absolute Gasteiger partial charge is 0.305 e. The topological polar surface area (TPSA) is 16.3 Å². The first-order valence-corrected chi connectivity index (χ1v) is 22.1. The van der Waals surface area contributed by atoms with Crippen LogP contribution < -0.4 is 9.80 Å². The van der Waals surface area contributed by atoms with Gasteiger partial charge in [0.25, 0.3) is 0 Å². The van der Waals surface area contributed by atoms with Crippen molar-refractivity contribution in [1.82, 2.24) is 9.13 Å². The molecule has 0 amide bonds. The lowest BCUT2D eigenvalue weighted by atomic mass is 10.1. The first-order chi connectivity index (χ1) is 29.3. The van der Waals surface area contributed by atoms with Crippen LogP contribution in [-0.4, -0.2) is 9.13 Å². The van der Waals surface area contributed by atoms with Crippen molar-refractivity contribution < 1.29 is 0 Å². The number of fused-ring (bicyclic) bond motifs is 8. The summed E-state index contributed by atoms with van der Waals surface area (Å²) in [6, 6.07) is 74.2. The molecule has 0 N–H and O–H groups in total. The van der Waals surface area contributed by atoms with Gasteiger partial charge in [-0.15, -0.1) is 34.0 Å². The molecular weight excluding hydrogens is 777 g/mol. The zero-order valence-electron chi connectivity index (χ0n) is 31.6. The fraction of sp³-hybridized carbons (Fsp3) is 0. The highest BCUT2D eigenvalue weighted by Gasteiger charge is 2.29. The van der Waals surface area contributed by atoms with Crippen LogP contribution in [0.15, 0.2) is 206 Å². The number of nitrogens with zero attached hydrogens (tertiary/aromatic N) is 4. The minimum absolute atomic E-state index is 1.14. The lowest BCUT2D eigenvalue weighted by molar-refractivity contribution is 1.15. The van der Waals surface area contributed by atoms with Gasteiger partial charge in [-0.2, -0.15) is 0 Å². The van der Waals surface area contributed by atoms with Gasteiger partial charge < -0.3 is 18.9 Å². The maximum atomic E-state index is 2.54. The number of anilines is 6. The number of para-hydroxylation sites is 5. The molecule has 7 aromatic carbocycles. The standard InChI is InChI=1S/C52H34N4S3/c1-6-20-37(21-7-1)53(38-22-8-2-9-23-38)45-33-43-49(57-45)51-47(55(43)41-28-14-5-15-29-41)48-52(59-51)50-44(56(48)42-31-30-35-18-16-17-19-36(35)32-42)34-46(58-50)54(39-24-10-3-11-25-39)40-26-12-4-13-27-40/h1-34H. The summed E-state index contributed by atoms with van der Waals surface area (Å²) in [5.41, 5.74) is 11.8. The molecule has 0 aliphatic heterocycles. The Balaban J connectivity index is 1.18. The Morgan fingerprint density at radius 1 is 0.305 bits per heavy atom. The monoisotopic (exact) mass is 810 g/mol. The van der Waals surface area contributed by atoms with E-state index >= 15 is 0 Å². The highest BCUT2D eigenvalue weighted by molar-refractivity contribution is 7.35. The highest BCUT2D eigenvalue weighted by atomic mass is 32.1. The number of aromatic nitrogens is 2. The van der Waals surface area contributed by atoms with Crippen molar-refractivity contribution in [2.24, 2.45) is 0 Å². The molecule has 0 fully saturated rings. The summed E-state index contributed by atoms with van der Waals surface area (Å²) in [5, 5.41) is 4.82. The minimum atomic E-state index is 1.14. The van der Waals surface area contributed by atoms with Gasteiger partial charge in [0.2, 0.25) is 0 Å². The summed E-state index contributed by atoms with van der Waals surface area (Å²) in [4.78, 5) is 4.78. The van der Waals surface area contributed by atoms with Gasteiger partial charge in [-0.3, -0.25) is 0 Å². The van der Waals surface area contributed by atoms with E-state index in [4.69, 9.17) is 0 Å². The first-order valence-electron chi connectivity index (χ1n) is 19.7. The Morgan fingerprint density at radius 2 is 0.695 bits per heavy atom. The summed E-state index contributed by atoms with van der Waals surface area (Å²) in [7, 11) is 0. The third-order valence-corrected chi connectivity index (χ3v) is 14.8. The van der Waals surface area contributed by atoms with E-state index in [9.17, 15) is 0 Å². The second kappa shape index (κ2) is 13.9. The molecule has 5 heterocycles. The van der Waals surface area contributed by atoms with Crippen molar-refractivity contribution in [3.8, 4) is 11.4 Å². The third kappa shape index (κ3) is 5.54. The number of hydrogen-bond donors (Lipinski definition) is 0. The highest BCUT2D eigenvalue weighted by Crippen LogP contribution is 2.54. The number of hydrogen-bond acceptors (Lipinski definition) is 5. The van der Waals surface area contributed by atoms with Crippen LogP contribution in [0.3, 0.4) is 0 Å². The van der Waals surface area contributed by atoms with Crippen LogP contribution in [0.1, 0.15) is 0 Å². The van der Waals surface area contributed by atoms with Gasteiger partial charge in [0.05, 0.1) is 40.9 Å². The zero-order chi connectivity index (χ0) is 38.9. The Hall–Kier alpha value is -6.90. The second-order valence-corrected chi connectivity index (χ2v) is 17.7. The maximum absolute atomic E-state index is 2.54. The molecule has 12 rings (SSSR count). The summed E-state index contributed by atoms with van der Waals surface area (Å²) in [6.45, 7) is 0. The van der Waals surface area contributed by atoms with Crippen LogP contribution in [0.4, 0.5) is 32.8 Å². The van der Waals surface area contributed by atoms with Crippen molar-refractivity contribution >= 4 is 118 Å². The van der Waals surface area contributed by atoms with Crippen molar-refractivity contribution in [2.75, 3.05) is 9.80 Å². The Kier molecular flexibility index (Phi) is 8.04. The van der Waals surface area contributed by atoms with Crippen molar-refractivity contribution in [3.05, 3.63) is 206 Å². The van der Waals surface area contributed by atoms with Gasteiger partial charge >= 0.3 is 0 Å². The van der Waals surface area contributed by atoms with Crippen molar-refractivity contribution in [2.45, 2.75) is 0 Å². The molecule has 4 nitrogen and oxygen atoms in total. The van der Waals surface area contributed by atoms with Gasteiger partial charge in [0.1, 0.15) is 10.0 Å². The van der Waals surface area contributed by atoms with Crippen molar-refractivity contribution in [3.63, 3.8) is 0 Å². The average molecular weight is 811 g/mol. The third-order valence-electron chi connectivity index (χ3n) is 11.1. The zero-order valence-corrected chi connectivity index (χ0v) is 34.1. The Labute approximate surface area is 352 Å². The summed E-state index contributed by atoms with van der Waals surface area (Å²) >= 11 is 5.68. The molecule has 0 saturated carbocycles. The van der Waals surface area contributed by atoms with Gasteiger partial charge in [0, 0.05) is 34.1 Å². The molecule has 0 bridgehead atoms. The number of thiophene rings is 3. The van der Waals surface area contributed by atoms with Gasteiger partial charge in [0.15, 0.2) is 0 Å². The number of benzene rings is 7. The van der Waals surface area contributed by atoms with Gasteiger partial charge in [-0.25, -0.2) is 0 Å². The molecule has 0 saturated heterocycles. The quantitative estimate of drug-likeness (QED) is 0.152. The lowest BCUT2D eigenvalue weighted by Crippen LogP contribution is -2.08. The van der Waals surface area contributed by atoms with Crippen LogP contribution in [0.25, 0.3) is 63.0 Å². The van der Waals surface area contributed by atoms with E-state index in [1.54, 1.807) is 0 Å². The van der Waals surface area contributed by atoms with E-state index < -0.39 is 0 Å². The fourth-order valence-electron chi connectivity index (χ4n) is 8.54. The van der Waals surface area contributed by atoms with Crippen LogP contribution in [0.5, 0.6) is 0 Å². The van der Waals surface area contributed by atoms with Crippen LogP contribution >= 0.6 is 34.0 Å². The van der Waals surface area contributed by atoms with E-state index in [-0.39, 0.29) is 0 Å². The van der Waals surface area contributed by atoms with Crippen molar-refractivity contribution in [1.29, 1.82) is 0 Å². The molecule has 5 aromatic heterocycles. The maximum Gasteiger partial charge on any atom is 0.103 e. The molecule has 0 unspecified atom stereocenters. The molecule has 0 aliphatic rings. The average Bonchev–Trinajstić information content (AvgIpc) is 4.11. The van der Waals surface area contributed by atoms with E-state index in [0.717, 1.165) is 34.1 Å². The fourth-order valence-corrected chi connectivity index (χ4v) is 12.5. The molecule has 0 radical (unpaired) electrons. The normalized spacial score (nSPS) is 11.7. The first kappa shape index (κ1) is 34.2. The minimum Gasteiger partial charge on any atom is -0.305 e. The smallest absolute Gasteiger partial charge is 0.103 e. The molecule has 12 aromatic rings. The predicted molar refractivity (Wildman–Crippen MR) is 256 cm³/mol. The number of rotatable bonds is 8. The molecule has 0 atom stereocenters. The molecule has 7 heteroatoms. The van der Waals surface area contributed by atoms with E-state index in [1.807, 2.05) is 34.0 Å². The van der Waals surface area contributed by atoms with Crippen LogP contribution in [0, 0.1) is 0 Å². The van der Waals surface area contributed by atoms with E-state index in [1.165, 1.54) is 61.6 Å². The van der Waals surface area contributed by atoms with E-state index in [2.05, 4.69) is 225 Å². The van der Waals surface area contributed by atoms with Crippen LogP contribution in [-0.2, 0) is 0 Å². The summed E-state index contributed by atoms with van der Waals surface area (Å²) in [6.07, 6.45) is 0. The SMILES string of the molecule is c1ccc(N(c2ccccc2)c2cc3c(s2)c2sc4c5sc(N(c6ccccc6)c6ccccc6)cc5n(-c5ccc6ccccc6c5)c4c2n3-c2ccccc2)cc1. The summed E-state index contributed by atoms with van der Waals surface area (Å²) < 4.78 is 10.2. The van der Waals surface area contributed by atoms with E-state index in [0.29, 0.717) is 0 Å². The molecule has 59 heavy (non-hydrogen) atoms. The van der Waals surface area contributed by atoms with Gasteiger partial charge in [-0.05, 0) is 95.7 Å². The Morgan fingerprint density at radius 3 is 1.15 bits per heavy atom. The Bertz CT molecular complexity index is 3360. The molecule has 280 valence electrons. The lowest BCUT2D eigenvalue weighted by Gasteiger charge is -2.23. The van der Waals surface area contributed by atoms with Crippen LogP contribution in [0.2, 0.25) is 0 Å². The summed E-state index contributed by atoms with van der Waals surface area (Å²) in [5.74, 6) is 0. The molecule has 0 spiro atoms. The van der Waals surface area contributed by atoms with Gasteiger partial charge in [-0.1, -0.05) is 121 Å². The molecule has 0 aliphatic carbocycles.